The smallest absolute Gasteiger partial charge is 0.414 e. The summed E-state index contributed by atoms with van der Waals surface area (Å²) in [4.78, 5) is 23.8. The molecule has 7 nitrogen and oxygen atoms in total. The summed E-state index contributed by atoms with van der Waals surface area (Å²) in [6.45, 7) is 18.1. The van der Waals surface area contributed by atoms with Crippen LogP contribution in [0, 0.1) is 19.0 Å². The number of amides is 1. The highest BCUT2D eigenvalue weighted by Gasteiger charge is 2.41. The number of anilines is 3. The molecule has 4 rings (SSSR count). The van der Waals surface area contributed by atoms with Crippen LogP contribution >= 0.6 is 12.2 Å². The second-order valence-corrected chi connectivity index (χ2v) is 9.60. The average Bonchev–Trinajstić information content (AvgIpc) is 3.24. The van der Waals surface area contributed by atoms with Crippen LogP contribution in [0.1, 0.15) is 32.6 Å². The number of nitrogens with zero attached hydrogens (tertiary/aromatic N) is 4. The Morgan fingerprint density at radius 3 is 2.54 bits per heavy atom. The summed E-state index contributed by atoms with van der Waals surface area (Å²) in [5, 5.41) is 3.31. The molecule has 2 fully saturated rings. The lowest BCUT2D eigenvalue weighted by Gasteiger charge is -2.36. The van der Waals surface area contributed by atoms with Gasteiger partial charge in [-0.15, -0.1) is 0 Å². The van der Waals surface area contributed by atoms with Crippen molar-refractivity contribution in [1.29, 1.82) is 0 Å². The minimum absolute atomic E-state index is 0.253. The van der Waals surface area contributed by atoms with Crippen LogP contribution < -0.4 is 15.1 Å². The molecule has 2 saturated heterocycles. The Morgan fingerprint density at radius 1 is 1.23 bits per heavy atom. The molecule has 0 radical (unpaired) electrons. The van der Waals surface area contributed by atoms with Crippen molar-refractivity contribution in [2.24, 2.45) is 0 Å². The molecule has 2 heterocycles. The van der Waals surface area contributed by atoms with Crippen molar-refractivity contribution < 1.29 is 13.9 Å². The van der Waals surface area contributed by atoms with E-state index in [0.717, 1.165) is 10.6 Å². The molecule has 1 amide bonds. The van der Waals surface area contributed by atoms with E-state index in [-0.39, 0.29) is 6.10 Å². The largest absolute Gasteiger partial charge is 0.444 e. The van der Waals surface area contributed by atoms with Crippen molar-refractivity contribution in [3.63, 3.8) is 0 Å². The van der Waals surface area contributed by atoms with Gasteiger partial charge in [-0.3, -0.25) is 9.74 Å². The third kappa shape index (κ3) is 5.52. The first-order chi connectivity index (χ1) is 16.8. The normalized spacial score (nSPS) is 19.0. The first-order valence-corrected chi connectivity index (χ1v) is 11.9. The van der Waals surface area contributed by atoms with Crippen molar-refractivity contribution in [2.75, 3.05) is 34.8 Å². The lowest BCUT2D eigenvalue weighted by molar-refractivity contribution is 0.138. The minimum atomic E-state index is -0.776. The van der Waals surface area contributed by atoms with Crippen molar-refractivity contribution in [2.45, 2.75) is 44.4 Å². The van der Waals surface area contributed by atoms with Crippen LogP contribution in [0.4, 0.5) is 31.9 Å². The maximum Gasteiger partial charge on any atom is 0.414 e. The van der Waals surface area contributed by atoms with E-state index in [0.29, 0.717) is 62.4 Å². The Morgan fingerprint density at radius 2 is 1.94 bits per heavy atom. The van der Waals surface area contributed by atoms with Crippen LogP contribution in [-0.2, 0) is 4.74 Å². The van der Waals surface area contributed by atoms with Gasteiger partial charge in [-0.25, -0.2) is 20.6 Å². The Hall–Kier alpha value is -3.69. The second kappa shape index (κ2) is 10.3. The summed E-state index contributed by atoms with van der Waals surface area (Å²) in [6.07, 6.45) is 1.67. The van der Waals surface area contributed by atoms with Crippen molar-refractivity contribution in [1.82, 2.24) is 0 Å². The summed E-state index contributed by atoms with van der Waals surface area (Å²) < 4.78 is 20.5. The van der Waals surface area contributed by atoms with Crippen LogP contribution in [0.25, 0.3) is 9.69 Å². The van der Waals surface area contributed by atoms with E-state index in [4.69, 9.17) is 30.1 Å². The van der Waals surface area contributed by atoms with Gasteiger partial charge in [-0.05, 0) is 55.0 Å². The first kappa shape index (κ1) is 24.4. The zero-order valence-corrected chi connectivity index (χ0v) is 20.3. The fourth-order valence-corrected chi connectivity index (χ4v) is 4.56. The van der Waals surface area contributed by atoms with Crippen LogP contribution in [0.3, 0.4) is 0 Å². The number of carbonyl (C=O) groups excluding carboxylic acids is 1. The van der Waals surface area contributed by atoms with E-state index >= 15 is 4.39 Å². The topological polar surface area (TPSA) is 53.5 Å². The van der Waals surface area contributed by atoms with E-state index in [1.807, 2.05) is 11.8 Å². The van der Waals surface area contributed by atoms with Gasteiger partial charge in [-0.1, -0.05) is 24.4 Å². The summed E-state index contributed by atoms with van der Waals surface area (Å²) in [6, 6.07) is 11.8. The lowest BCUT2D eigenvalue weighted by Crippen LogP contribution is -2.47. The van der Waals surface area contributed by atoms with Crippen LogP contribution in [-0.4, -0.2) is 42.4 Å². The highest BCUT2D eigenvalue weighted by Crippen LogP contribution is 2.34. The van der Waals surface area contributed by atoms with Gasteiger partial charge in [0.05, 0.1) is 37.3 Å². The number of piperidine rings is 1. The molecule has 0 aliphatic carbocycles. The van der Waals surface area contributed by atoms with Gasteiger partial charge in [0.1, 0.15) is 11.9 Å². The second-order valence-electron chi connectivity index (χ2n) is 8.91. The number of halogens is 1. The number of carbonyl (C=O) groups is 1. The summed E-state index contributed by atoms with van der Waals surface area (Å²) >= 11 is 5.10. The lowest BCUT2D eigenvalue weighted by atomic mass is 9.96. The molecule has 1 atom stereocenters. The summed E-state index contributed by atoms with van der Waals surface area (Å²) in [5.41, 5.74) is 1.48. The number of nitrogens with one attached hydrogen (secondary N) is 1. The maximum absolute atomic E-state index is 15.1. The van der Waals surface area contributed by atoms with E-state index in [9.17, 15) is 4.79 Å². The molecule has 2 aromatic rings. The number of rotatable bonds is 7. The SMILES string of the molecule is [C-]#[N+]c1ccc(NC2([N+]#[C-])CCN(c3ccc(N4C[C@H](CCC(C)=S)OC4=O)cc3F)CC2)cc1. The molecule has 0 saturated carbocycles. The Labute approximate surface area is 210 Å². The summed E-state index contributed by atoms with van der Waals surface area (Å²) in [5.74, 6) is -0.411. The van der Waals surface area contributed by atoms with E-state index in [2.05, 4.69) is 15.0 Å². The summed E-state index contributed by atoms with van der Waals surface area (Å²) in [7, 11) is 0. The zero-order valence-electron chi connectivity index (χ0n) is 19.5. The highest BCUT2D eigenvalue weighted by atomic mass is 32.1. The Balaban J connectivity index is 1.40. The Kier molecular flexibility index (Phi) is 7.18. The monoisotopic (exact) mass is 491 g/mol. The molecule has 2 aliphatic heterocycles. The van der Waals surface area contributed by atoms with Gasteiger partial charge < -0.3 is 15.0 Å². The van der Waals surface area contributed by atoms with Crippen LogP contribution in [0.2, 0.25) is 0 Å². The van der Waals surface area contributed by atoms with E-state index in [1.54, 1.807) is 36.4 Å². The molecule has 0 bridgehead atoms. The molecular weight excluding hydrogens is 465 g/mol. The molecule has 180 valence electrons. The van der Waals surface area contributed by atoms with Gasteiger partial charge in [0.15, 0.2) is 5.69 Å². The van der Waals surface area contributed by atoms with Crippen molar-refractivity contribution in [3.8, 4) is 0 Å². The number of benzene rings is 2. The number of hydrogen-bond donors (Lipinski definition) is 1. The van der Waals surface area contributed by atoms with Crippen molar-refractivity contribution >= 4 is 45.9 Å². The number of hydrogen-bond acceptors (Lipinski definition) is 5. The Bertz CT molecular complexity index is 1200. The fourth-order valence-electron chi connectivity index (χ4n) is 4.44. The van der Waals surface area contributed by atoms with Gasteiger partial charge in [-0.2, -0.15) is 0 Å². The highest BCUT2D eigenvalue weighted by molar-refractivity contribution is 7.80. The van der Waals surface area contributed by atoms with Gasteiger partial charge in [0, 0.05) is 18.8 Å². The van der Waals surface area contributed by atoms with Gasteiger partial charge >= 0.3 is 11.8 Å². The molecule has 35 heavy (non-hydrogen) atoms. The number of ether oxygens (including phenoxy) is 1. The maximum atomic E-state index is 15.1. The van der Waals surface area contributed by atoms with E-state index in [1.165, 1.54) is 11.0 Å². The molecule has 9 heteroatoms. The van der Waals surface area contributed by atoms with E-state index < -0.39 is 17.6 Å². The first-order valence-electron chi connectivity index (χ1n) is 11.5. The van der Waals surface area contributed by atoms with Crippen LogP contribution in [0.5, 0.6) is 0 Å². The molecule has 2 aromatic carbocycles. The number of cyclic esters (lactones) is 1. The average molecular weight is 492 g/mol. The molecular formula is C26H26FN5O2S. The van der Waals surface area contributed by atoms with Crippen molar-refractivity contribution in [3.05, 3.63) is 71.1 Å². The molecule has 0 spiro atoms. The molecule has 0 aromatic heterocycles. The number of thiocarbonyl (C=S) groups is 1. The van der Waals surface area contributed by atoms with Gasteiger partial charge in [0.25, 0.3) is 0 Å². The molecule has 2 aliphatic rings. The van der Waals surface area contributed by atoms with Crippen LogP contribution in [0.15, 0.2) is 42.5 Å². The third-order valence-corrected chi connectivity index (χ3v) is 6.66. The zero-order chi connectivity index (χ0) is 25.0. The molecule has 0 unspecified atom stereocenters. The third-order valence-electron chi connectivity index (χ3n) is 6.45. The molecule has 1 N–H and O–H groups in total. The predicted molar refractivity (Wildman–Crippen MR) is 139 cm³/mol. The predicted octanol–water partition coefficient (Wildman–Crippen LogP) is 6.20. The standard InChI is InChI=1S/C26H26FN5O2S/c1-18(35)4-10-22-17-32(25(33)34-22)21-9-11-24(23(27)16-21)31-14-12-26(29-3,13-15-31)30-20-7-5-19(28-2)6-8-20/h5-9,11,16,22,30H,4,10,12-15,17H2,1H3/t22-/m0/s1. The van der Waals surface area contributed by atoms with Gasteiger partial charge in [0.2, 0.25) is 0 Å². The minimum Gasteiger partial charge on any atom is -0.444 e. The quantitative estimate of drug-likeness (QED) is 0.369. The fraction of sp³-hybridized carbons (Fsp3) is 0.385.